The summed E-state index contributed by atoms with van der Waals surface area (Å²) in [6.45, 7) is 6.92. The van der Waals surface area contributed by atoms with Gasteiger partial charge in [-0.25, -0.2) is 4.57 Å². The summed E-state index contributed by atoms with van der Waals surface area (Å²) < 4.78 is 30.6. The number of allylic oxidation sites excluding steroid dienone is 5. The summed E-state index contributed by atoms with van der Waals surface area (Å²) in [5.41, 5.74) is 0. The third-order valence-corrected chi connectivity index (χ3v) is 13.6. The minimum Gasteiger partial charge on any atom is -0.456 e. The van der Waals surface area contributed by atoms with E-state index in [1.165, 1.54) is 148 Å². The minimum absolute atomic E-state index is 0.0404. The van der Waals surface area contributed by atoms with Crippen molar-refractivity contribution in [3.05, 3.63) is 36.5 Å². The van der Waals surface area contributed by atoms with Crippen molar-refractivity contribution in [3.8, 4) is 0 Å². The zero-order valence-electron chi connectivity index (χ0n) is 44.9. The number of esters is 1. The molecule has 1 amide bonds. The van der Waals surface area contributed by atoms with Gasteiger partial charge >= 0.3 is 13.8 Å². The van der Waals surface area contributed by atoms with Gasteiger partial charge in [0.2, 0.25) is 5.91 Å². The van der Waals surface area contributed by atoms with Crippen LogP contribution in [-0.2, 0) is 27.9 Å². The molecule has 0 saturated carbocycles. The van der Waals surface area contributed by atoms with Gasteiger partial charge in [0.15, 0.2) is 0 Å². The van der Waals surface area contributed by atoms with Gasteiger partial charge in [0.1, 0.15) is 19.3 Å². The number of nitrogens with one attached hydrogen (secondary N) is 1. The number of hydrogen-bond acceptors (Lipinski definition) is 6. The third-order valence-electron chi connectivity index (χ3n) is 12.6. The smallest absolute Gasteiger partial charge is 0.456 e. The SMILES string of the molecule is CC/C=C/C/C=C/CCCCCCCCCC(=O)NC(COP(=O)(O)OCC[N+](C)(C)C)C(/C=C/CCCCCCCCCCCCC)OC(=O)CCCCCCCCCCCCCCCC. The standard InChI is InChI=1S/C57H109N2O7P/c1-7-10-13-16-19-22-25-28-31-34-37-40-43-46-49-56(60)58-54(53-65-67(62,63)64-52-51-59(4,5)6)55(48-45-42-39-36-33-30-27-24-21-18-15-12-9-3)66-57(61)50-47-44-41-38-35-32-29-26-23-20-17-14-11-8-2/h10,13,19,22,45,48,54-55H,7-9,11-12,14-18,20-21,23-44,46-47,49-53H2,1-6H3,(H-,58,60,62,63)/p+1/b13-10+,22-19+,48-45+. The van der Waals surface area contributed by atoms with Crippen molar-refractivity contribution in [2.24, 2.45) is 0 Å². The molecule has 2 N–H and O–H groups in total. The largest absolute Gasteiger partial charge is 0.472 e. The van der Waals surface area contributed by atoms with Crippen LogP contribution in [0.1, 0.15) is 265 Å². The van der Waals surface area contributed by atoms with Crippen LogP contribution in [0.4, 0.5) is 0 Å². The van der Waals surface area contributed by atoms with Gasteiger partial charge in [0.25, 0.3) is 0 Å². The zero-order valence-corrected chi connectivity index (χ0v) is 45.8. The van der Waals surface area contributed by atoms with Crippen LogP contribution in [0.25, 0.3) is 0 Å². The maximum absolute atomic E-state index is 13.5. The fraction of sp³-hybridized carbons (Fsp3) is 0.860. The Kier molecular flexibility index (Phi) is 46.6. The number of unbranched alkanes of at least 4 members (excludes halogenated alkanes) is 31. The van der Waals surface area contributed by atoms with Gasteiger partial charge in [-0.3, -0.25) is 18.6 Å². The lowest BCUT2D eigenvalue weighted by Crippen LogP contribution is -2.47. The average Bonchev–Trinajstić information content (AvgIpc) is 3.28. The van der Waals surface area contributed by atoms with Crippen molar-refractivity contribution in [3.63, 3.8) is 0 Å². The van der Waals surface area contributed by atoms with Crippen LogP contribution >= 0.6 is 7.82 Å². The third kappa shape index (κ3) is 49.0. The maximum Gasteiger partial charge on any atom is 0.472 e. The topological polar surface area (TPSA) is 111 Å². The molecule has 0 radical (unpaired) electrons. The fourth-order valence-electron chi connectivity index (χ4n) is 8.21. The summed E-state index contributed by atoms with van der Waals surface area (Å²) in [4.78, 5) is 37.5. The van der Waals surface area contributed by atoms with Gasteiger partial charge in [-0.15, -0.1) is 0 Å². The highest BCUT2D eigenvalue weighted by Gasteiger charge is 2.30. The second-order valence-electron chi connectivity index (χ2n) is 20.4. The normalized spacial score (nSPS) is 14.1. The van der Waals surface area contributed by atoms with E-state index in [1.54, 1.807) is 0 Å². The number of carbonyl (C=O) groups is 2. The highest BCUT2D eigenvalue weighted by Crippen LogP contribution is 2.43. The number of ether oxygens (including phenoxy) is 1. The highest BCUT2D eigenvalue weighted by molar-refractivity contribution is 7.47. The van der Waals surface area contributed by atoms with Gasteiger partial charge < -0.3 is 19.4 Å². The van der Waals surface area contributed by atoms with E-state index in [0.29, 0.717) is 23.9 Å². The number of quaternary nitrogens is 1. The Morgan fingerprint density at radius 1 is 0.537 bits per heavy atom. The number of amides is 1. The van der Waals surface area contributed by atoms with Crippen LogP contribution in [0, 0.1) is 0 Å². The number of rotatable bonds is 51. The van der Waals surface area contributed by atoms with Crippen molar-refractivity contribution in [1.82, 2.24) is 5.32 Å². The van der Waals surface area contributed by atoms with Crippen molar-refractivity contribution >= 4 is 19.7 Å². The molecule has 0 spiro atoms. The summed E-state index contributed by atoms with van der Waals surface area (Å²) >= 11 is 0. The summed E-state index contributed by atoms with van der Waals surface area (Å²) in [5, 5.41) is 3.04. The molecular weight excluding hydrogens is 856 g/mol. The molecule has 0 aromatic rings. The number of nitrogens with zero attached hydrogens (tertiary/aromatic N) is 1. The van der Waals surface area contributed by atoms with Gasteiger partial charge in [0.05, 0.1) is 33.8 Å². The molecule has 0 aliphatic carbocycles. The van der Waals surface area contributed by atoms with Crippen LogP contribution in [0.5, 0.6) is 0 Å². The lowest BCUT2D eigenvalue weighted by Gasteiger charge is -2.27. The highest BCUT2D eigenvalue weighted by atomic mass is 31.2. The van der Waals surface area contributed by atoms with E-state index in [4.69, 9.17) is 13.8 Å². The maximum atomic E-state index is 13.5. The quantitative estimate of drug-likeness (QED) is 0.0205. The molecule has 394 valence electrons. The first kappa shape index (κ1) is 65.2. The molecular formula is C57H110N2O7P+. The van der Waals surface area contributed by atoms with E-state index in [2.05, 4.69) is 50.4 Å². The van der Waals surface area contributed by atoms with Gasteiger partial charge in [-0.05, 0) is 57.4 Å². The van der Waals surface area contributed by atoms with Crippen molar-refractivity contribution < 1.29 is 37.3 Å². The minimum atomic E-state index is -4.44. The number of phosphoric ester groups is 1. The van der Waals surface area contributed by atoms with Crippen LogP contribution in [0.2, 0.25) is 0 Å². The number of phosphoric acid groups is 1. The molecule has 0 fully saturated rings. The molecule has 0 aromatic carbocycles. The van der Waals surface area contributed by atoms with Crippen LogP contribution in [0.3, 0.4) is 0 Å². The molecule has 0 rings (SSSR count). The molecule has 3 atom stereocenters. The van der Waals surface area contributed by atoms with Crippen LogP contribution in [0.15, 0.2) is 36.5 Å². The summed E-state index contributed by atoms with van der Waals surface area (Å²) in [7, 11) is 1.50. The molecule has 0 saturated heterocycles. The molecule has 10 heteroatoms. The van der Waals surface area contributed by atoms with Gasteiger partial charge in [-0.2, -0.15) is 0 Å². The molecule has 9 nitrogen and oxygen atoms in total. The first-order valence-corrected chi connectivity index (χ1v) is 29.8. The molecule has 0 bridgehead atoms. The van der Waals surface area contributed by atoms with Gasteiger partial charge in [-0.1, -0.05) is 231 Å². The molecule has 0 aromatic heterocycles. The van der Waals surface area contributed by atoms with E-state index in [1.807, 2.05) is 33.3 Å². The van der Waals surface area contributed by atoms with E-state index in [-0.39, 0.29) is 25.1 Å². The van der Waals surface area contributed by atoms with Crippen LogP contribution < -0.4 is 5.32 Å². The van der Waals surface area contributed by atoms with E-state index in [9.17, 15) is 19.0 Å². The monoisotopic (exact) mass is 966 g/mol. The molecule has 0 aliphatic heterocycles. The molecule has 3 unspecified atom stereocenters. The second kappa shape index (κ2) is 47.9. The first-order valence-electron chi connectivity index (χ1n) is 28.3. The zero-order chi connectivity index (χ0) is 49.4. The Hall–Kier alpha value is -1.77. The Morgan fingerprint density at radius 2 is 0.955 bits per heavy atom. The predicted molar refractivity (Wildman–Crippen MR) is 286 cm³/mol. The van der Waals surface area contributed by atoms with Crippen molar-refractivity contribution in [2.45, 2.75) is 277 Å². The van der Waals surface area contributed by atoms with Gasteiger partial charge in [0, 0.05) is 12.8 Å². The molecule has 67 heavy (non-hydrogen) atoms. The Balaban J connectivity index is 5.38. The van der Waals surface area contributed by atoms with Crippen LogP contribution in [-0.4, -0.2) is 74.3 Å². The van der Waals surface area contributed by atoms with E-state index in [0.717, 1.165) is 83.5 Å². The number of likely N-dealkylation sites (N-methyl/N-ethyl adjacent to an activating group) is 1. The lowest BCUT2D eigenvalue weighted by atomic mass is 10.0. The second-order valence-corrected chi connectivity index (χ2v) is 21.9. The predicted octanol–water partition coefficient (Wildman–Crippen LogP) is 16.8. The lowest BCUT2D eigenvalue weighted by molar-refractivity contribution is -0.870. The number of carbonyl (C=O) groups excluding carboxylic acids is 2. The molecule has 0 aliphatic rings. The summed E-state index contributed by atoms with van der Waals surface area (Å²) in [5.74, 6) is -0.506. The van der Waals surface area contributed by atoms with E-state index < -0.39 is 20.0 Å². The Morgan fingerprint density at radius 3 is 1.42 bits per heavy atom. The average molecular weight is 966 g/mol. The fourth-order valence-corrected chi connectivity index (χ4v) is 8.95. The van der Waals surface area contributed by atoms with Crippen molar-refractivity contribution in [2.75, 3.05) is 40.9 Å². The summed E-state index contributed by atoms with van der Waals surface area (Å²) in [6.07, 6.45) is 55.6. The van der Waals surface area contributed by atoms with Crippen molar-refractivity contribution in [1.29, 1.82) is 0 Å². The summed E-state index contributed by atoms with van der Waals surface area (Å²) in [6, 6.07) is -0.847. The molecule has 0 heterocycles. The Labute approximate surface area is 415 Å². The van der Waals surface area contributed by atoms with E-state index >= 15 is 0 Å². The first-order chi connectivity index (χ1) is 32.4. The Bertz CT molecular complexity index is 1250. The number of hydrogen-bond donors (Lipinski definition) is 2.